The van der Waals surface area contributed by atoms with Gasteiger partial charge >= 0.3 is 0 Å². The fourth-order valence-electron chi connectivity index (χ4n) is 2.88. The monoisotopic (exact) mass is 303 g/mol. The van der Waals surface area contributed by atoms with Gasteiger partial charge in [0.1, 0.15) is 0 Å². The van der Waals surface area contributed by atoms with E-state index >= 15 is 0 Å². The fourth-order valence-corrected chi connectivity index (χ4v) is 4.13. The summed E-state index contributed by atoms with van der Waals surface area (Å²) in [7, 11) is 0. The first kappa shape index (κ1) is 13.5. The molecule has 0 N–H and O–H groups in total. The van der Waals surface area contributed by atoms with Gasteiger partial charge in [-0.3, -0.25) is 0 Å². The second-order valence-electron chi connectivity index (χ2n) is 5.72. The third-order valence-electron chi connectivity index (χ3n) is 3.95. The Morgan fingerprint density at radius 3 is 1.77 bits per heavy atom. The average Bonchev–Trinajstić information content (AvgIpc) is 2.53. The maximum Gasteiger partial charge on any atom is 0.0601 e. The van der Waals surface area contributed by atoms with Crippen LogP contribution in [0, 0.1) is 13.8 Å². The van der Waals surface area contributed by atoms with Crippen molar-refractivity contribution in [1.82, 2.24) is 0 Å². The molecule has 1 aliphatic heterocycles. The molecule has 0 aromatic heterocycles. The Labute approximate surface area is 135 Å². The topological polar surface area (TPSA) is 3.24 Å². The molecule has 3 aromatic carbocycles. The molecule has 3 aromatic rings. The van der Waals surface area contributed by atoms with Crippen LogP contribution in [0.2, 0.25) is 0 Å². The van der Waals surface area contributed by atoms with E-state index < -0.39 is 0 Å². The lowest BCUT2D eigenvalue weighted by Crippen LogP contribution is -2.14. The van der Waals surface area contributed by atoms with E-state index in [1.54, 1.807) is 0 Å². The van der Waals surface area contributed by atoms with E-state index in [2.05, 4.69) is 85.5 Å². The molecule has 0 atom stereocenters. The Balaban J connectivity index is 1.97. The lowest BCUT2D eigenvalue weighted by Gasteiger charge is -2.33. The molecule has 1 heterocycles. The molecule has 0 unspecified atom stereocenters. The second kappa shape index (κ2) is 5.22. The minimum absolute atomic E-state index is 1.21. The molecule has 108 valence electrons. The Bertz CT molecular complexity index is 788. The van der Waals surface area contributed by atoms with Crippen molar-refractivity contribution in [2.24, 2.45) is 0 Å². The SMILES string of the molecule is Cc1ccc2c(c1)Sc1cc(C)ccc1N2c1ccccc1. The number of hydrogen-bond acceptors (Lipinski definition) is 2. The van der Waals surface area contributed by atoms with E-state index in [0.29, 0.717) is 0 Å². The zero-order valence-electron chi connectivity index (χ0n) is 12.7. The van der Waals surface area contributed by atoms with Gasteiger partial charge in [-0.25, -0.2) is 0 Å². The smallest absolute Gasteiger partial charge is 0.0601 e. The van der Waals surface area contributed by atoms with Gasteiger partial charge in [-0.2, -0.15) is 0 Å². The van der Waals surface area contributed by atoms with Crippen molar-refractivity contribution < 1.29 is 0 Å². The molecule has 2 heteroatoms. The van der Waals surface area contributed by atoms with E-state index in [9.17, 15) is 0 Å². The van der Waals surface area contributed by atoms with Crippen molar-refractivity contribution in [3.63, 3.8) is 0 Å². The van der Waals surface area contributed by atoms with Crippen LogP contribution < -0.4 is 4.90 Å². The largest absolute Gasteiger partial charge is 0.308 e. The summed E-state index contributed by atoms with van der Waals surface area (Å²) in [5.74, 6) is 0. The van der Waals surface area contributed by atoms with Gasteiger partial charge in [-0.1, -0.05) is 42.1 Å². The molecule has 0 radical (unpaired) electrons. The van der Waals surface area contributed by atoms with Crippen LogP contribution >= 0.6 is 11.8 Å². The third kappa shape index (κ3) is 2.20. The number of anilines is 3. The van der Waals surface area contributed by atoms with E-state index in [1.165, 1.54) is 38.0 Å². The van der Waals surface area contributed by atoms with Crippen molar-refractivity contribution in [2.75, 3.05) is 4.90 Å². The van der Waals surface area contributed by atoms with Gasteiger partial charge in [0.25, 0.3) is 0 Å². The van der Waals surface area contributed by atoms with E-state index in [-0.39, 0.29) is 0 Å². The standard InChI is InChI=1S/C20H17NS/c1-14-8-10-17-19(12-14)22-20-13-15(2)9-11-18(20)21(17)16-6-4-3-5-7-16/h3-13H,1-2H3. The summed E-state index contributed by atoms with van der Waals surface area (Å²) in [5.41, 5.74) is 6.33. The summed E-state index contributed by atoms with van der Waals surface area (Å²) in [6.45, 7) is 4.30. The Hall–Kier alpha value is -2.19. The summed E-state index contributed by atoms with van der Waals surface area (Å²) in [6.07, 6.45) is 0. The maximum atomic E-state index is 2.36. The minimum Gasteiger partial charge on any atom is -0.308 e. The van der Waals surface area contributed by atoms with Crippen molar-refractivity contribution >= 4 is 28.8 Å². The molecule has 0 fully saturated rings. The Kier molecular flexibility index (Phi) is 3.20. The number of rotatable bonds is 1. The van der Waals surface area contributed by atoms with Gasteiger partial charge in [0, 0.05) is 15.5 Å². The quantitative estimate of drug-likeness (QED) is 0.409. The molecule has 0 bridgehead atoms. The number of aryl methyl sites for hydroxylation is 2. The molecule has 0 spiro atoms. The molecule has 0 amide bonds. The lowest BCUT2D eigenvalue weighted by atomic mass is 10.1. The molecule has 1 nitrogen and oxygen atoms in total. The van der Waals surface area contributed by atoms with Crippen molar-refractivity contribution in [2.45, 2.75) is 23.6 Å². The number of para-hydroxylation sites is 1. The van der Waals surface area contributed by atoms with Crippen molar-refractivity contribution in [3.05, 3.63) is 77.9 Å². The first-order chi connectivity index (χ1) is 10.7. The maximum absolute atomic E-state index is 2.36. The predicted molar refractivity (Wildman–Crippen MR) is 94.7 cm³/mol. The molecule has 0 saturated heterocycles. The average molecular weight is 303 g/mol. The highest BCUT2D eigenvalue weighted by molar-refractivity contribution is 7.99. The molecule has 22 heavy (non-hydrogen) atoms. The highest BCUT2D eigenvalue weighted by atomic mass is 32.2. The second-order valence-corrected chi connectivity index (χ2v) is 6.80. The van der Waals surface area contributed by atoms with Crippen LogP contribution in [-0.4, -0.2) is 0 Å². The normalized spacial score (nSPS) is 12.7. The summed E-state index contributed by atoms with van der Waals surface area (Å²) in [6, 6.07) is 24.0. The van der Waals surface area contributed by atoms with E-state index in [4.69, 9.17) is 0 Å². The zero-order valence-corrected chi connectivity index (χ0v) is 13.5. The van der Waals surface area contributed by atoms with Gasteiger partial charge in [0.05, 0.1) is 11.4 Å². The van der Waals surface area contributed by atoms with Gasteiger partial charge < -0.3 is 4.90 Å². The van der Waals surface area contributed by atoms with Crippen LogP contribution in [0.5, 0.6) is 0 Å². The number of nitrogens with zero attached hydrogens (tertiary/aromatic N) is 1. The van der Waals surface area contributed by atoms with Crippen molar-refractivity contribution in [3.8, 4) is 0 Å². The number of benzene rings is 3. The van der Waals surface area contributed by atoms with Gasteiger partial charge in [-0.05, 0) is 61.4 Å². The van der Waals surface area contributed by atoms with Crippen LogP contribution in [-0.2, 0) is 0 Å². The summed E-state index contributed by atoms with van der Waals surface area (Å²) in [5, 5.41) is 0. The summed E-state index contributed by atoms with van der Waals surface area (Å²) >= 11 is 1.87. The summed E-state index contributed by atoms with van der Waals surface area (Å²) < 4.78 is 0. The van der Waals surface area contributed by atoms with Crippen LogP contribution in [0.4, 0.5) is 17.1 Å². The minimum atomic E-state index is 1.21. The van der Waals surface area contributed by atoms with Crippen LogP contribution in [0.25, 0.3) is 0 Å². The molecule has 4 rings (SSSR count). The Morgan fingerprint density at radius 2 is 1.23 bits per heavy atom. The molecule has 0 aliphatic carbocycles. The van der Waals surface area contributed by atoms with Gasteiger partial charge in [-0.15, -0.1) is 0 Å². The Morgan fingerprint density at radius 1 is 0.682 bits per heavy atom. The fraction of sp³-hybridized carbons (Fsp3) is 0.100. The predicted octanol–water partition coefficient (Wildman–Crippen LogP) is 6.24. The van der Waals surface area contributed by atoms with Crippen molar-refractivity contribution in [1.29, 1.82) is 0 Å². The van der Waals surface area contributed by atoms with Crippen LogP contribution in [0.3, 0.4) is 0 Å². The van der Waals surface area contributed by atoms with Gasteiger partial charge in [0.15, 0.2) is 0 Å². The zero-order chi connectivity index (χ0) is 15.1. The highest BCUT2D eigenvalue weighted by Gasteiger charge is 2.24. The van der Waals surface area contributed by atoms with Crippen LogP contribution in [0.1, 0.15) is 11.1 Å². The molecule has 1 aliphatic rings. The number of fused-ring (bicyclic) bond motifs is 2. The van der Waals surface area contributed by atoms with E-state index in [0.717, 1.165) is 0 Å². The van der Waals surface area contributed by atoms with Gasteiger partial charge in [0.2, 0.25) is 0 Å². The molecular formula is C20H17NS. The summed E-state index contributed by atoms with van der Waals surface area (Å²) in [4.78, 5) is 5.00. The molecular weight excluding hydrogens is 286 g/mol. The van der Waals surface area contributed by atoms with Crippen LogP contribution in [0.15, 0.2) is 76.5 Å². The third-order valence-corrected chi connectivity index (χ3v) is 5.04. The first-order valence-electron chi connectivity index (χ1n) is 7.47. The first-order valence-corrected chi connectivity index (χ1v) is 8.28. The highest BCUT2D eigenvalue weighted by Crippen LogP contribution is 2.51. The van der Waals surface area contributed by atoms with E-state index in [1.807, 2.05) is 11.8 Å². The molecule has 0 saturated carbocycles. The number of hydrogen-bond donors (Lipinski definition) is 0. The lowest BCUT2D eigenvalue weighted by molar-refractivity contribution is 1.15.